The fraction of sp³-hybridized carbons (Fsp3) is 0.292. The largest absolute Gasteiger partial charge is 0.353 e. The van der Waals surface area contributed by atoms with E-state index in [0.717, 1.165) is 28.0 Å². The zero-order chi connectivity index (χ0) is 22.0. The quantitative estimate of drug-likeness (QED) is 0.531. The molecule has 7 heteroatoms. The van der Waals surface area contributed by atoms with Crippen molar-refractivity contribution in [2.45, 2.75) is 20.3 Å². The van der Waals surface area contributed by atoms with E-state index >= 15 is 0 Å². The predicted molar refractivity (Wildman–Crippen MR) is 124 cm³/mol. The van der Waals surface area contributed by atoms with Gasteiger partial charge in [0.15, 0.2) is 5.82 Å². The molecule has 3 aromatic rings. The Bertz CT molecular complexity index is 1110. The highest BCUT2D eigenvalue weighted by molar-refractivity contribution is 9.10. The molecule has 0 spiro atoms. The van der Waals surface area contributed by atoms with E-state index in [1.165, 1.54) is 12.1 Å². The molecule has 1 aliphatic heterocycles. The van der Waals surface area contributed by atoms with E-state index in [-0.39, 0.29) is 11.7 Å². The first kappa shape index (κ1) is 21.4. The SMILES string of the molecule is CCc1c(C)nc(-c2cccc(F)c2)nc1N1CCN(C(=O)c2cccc(Br)c2)CC1. The monoisotopic (exact) mass is 482 g/mol. The molecule has 2 aromatic carbocycles. The number of halogens is 2. The van der Waals surface area contributed by atoms with Crippen LogP contribution in [0, 0.1) is 12.7 Å². The third-order valence-electron chi connectivity index (χ3n) is 5.57. The number of piperazine rings is 1. The van der Waals surface area contributed by atoms with Gasteiger partial charge < -0.3 is 9.80 Å². The number of anilines is 1. The van der Waals surface area contributed by atoms with Crippen molar-refractivity contribution in [1.29, 1.82) is 0 Å². The van der Waals surface area contributed by atoms with Gasteiger partial charge in [-0.05, 0) is 43.7 Å². The molecule has 5 nitrogen and oxygen atoms in total. The number of amides is 1. The average Bonchev–Trinajstić information content (AvgIpc) is 2.78. The van der Waals surface area contributed by atoms with Crippen molar-refractivity contribution in [2.24, 2.45) is 0 Å². The van der Waals surface area contributed by atoms with E-state index in [9.17, 15) is 9.18 Å². The smallest absolute Gasteiger partial charge is 0.254 e. The molecule has 0 aliphatic carbocycles. The van der Waals surface area contributed by atoms with Crippen LogP contribution >= 0.6 is 15.9 Å². The molecule has 1 fully saturated rings. The van der Waals surface area contributed by atoms with Gasteiger partial charge in [0, 0.05) is 53.0 Å². The van der Waals surface area contributed by atoms with Crippen LogP contribution in [-0.4, -0.2) is 47.0 Å². The van der Waals surface area contributed by atoms with Gasteiger partial charge in [0.25, 0.3) is 5.91 Å². The minimum absolute atomic E-state index is 0.0379. The first-order valence-corrected chi connectivity index (χ1v) is 11.2. The third kappa shape index (κ3) is 4.61. The maximum absolute atomic E-state index is 13.7. The summed E-state index contributed by atoms with van der Waals surface area (Å²) in [6, 6.07) is 13.8. The van der Waals surface area contributed by atoms with Gasteiger partial charge in [0.05, 0.1) is 0 Å². The summed E-state index contributed by atoms with van der Waals surface area (Å²) in [5, 5.41) is 0. The van der Waals surface area contributed by atoms with Crippen molar-refractivity contribution in [3.8, 4) is 11.4 Å². The van der Waals surface area contributed by atoms with Crippen LogP contribution in [0.4, 0.5) is 10.2 Å². The standard InChI is InChI=1S/C24H24BrFN4O/c1-3-21-16(2)27-22(17-6-5-9-20(26)15-17)28-23(21)29-10-12-30(13-11-29)24(31)18-7-4-8-19(25)14-18/h4-9,14-15H,3,10-13H2,1-2H3. The Morgan fingerprint density at radius 1 is 1.06 bits per heavy atom. The van der Waals surface area contributed by atoms with Gasteiger partial charge in [-0.2, -0.15) is 0 Å². The van der Waals surface area contributed by atoms with Crippen LogP contribution < -0.4 is 4.90 Å². The summed E-state index contributed by atoms with van der Waals surface area (Å²) in [5.74, 6) is 1.14. The van der Waals surface area contributed by atoms with E-state index in [1.807, 2.05) is 42.2 Å². The van der Waals surface area contributed by atoms with Gasteiger partial charge in [-0.25, -0.2) is 14.4 Å². The van der Waals surface area contributed by atoms with E-state index in [2.05, 4.69) is 32.7 Å². The minimum atomic E-state index is -0.306. The lowest BCUT2D eigenvalue weighted by atomic mass is 10.1. The van der Waals surface area contributed by atoms with Crippen LogP contribution in [0.25, 0.3) is 11.4 Å². The number of hydrogen-bond donors (Lipinski definition) is 0. The molecule has 1 aliphatic rings. The van der Waals surface area contributed by atoms with Gasteiger partial charge in [-0.3, -0.25) is 4.79 Å². The van der Waals surface area contributed by atoms with Crippen molar-refractivity contribution >= 4 is 27.7 Å². The summed E-state index contributed by atoms with van der Waals surface area (Å²) in [6.07, 6.45) is 0.807. The molecule has 4 rings (SSSR count). The van der Waals surface area contributed by atoms with Crippen molar-refractivity contribution in [3.05, 3.63) is 75.6 Å². The van der Waals surface area contributed by atoms with E-state index in [1.54, 1.807) is 6.07 Å². The Hall–Kier alpha value is -2.80. The average molecular weight is 483 g/mol. The Kier molecular flexibility index (Phi) is 6.32. The Morgan fingerprint density at radius 3 is 2.48 bits per heavy atom. The molecule has 1 aromatic heterocycles. The van der Waals surface area contributed by atoms with Crippen LogP contribution in [-0.2, 0) is 6.42 Å². The van der Waals surface area contributed by atoms with Gasteiger partial charge in [0.2, 0.25) is 0 Å². The van der Waals surface area contributed by atoms with E-state index in [0.29, 0.717) is 43.1 Å². The molecular weight excluding hydrogens is 459 g/mol. The van der Waals surface area contributed by atoms with Gasteiger partial charge in [0.1, 0.15) is 11.6 Å². The van der Waals surface area contributed by atoms with Gasteiger partial charge in [-0.1, -0.05) is 41.1 Å². The Labute approximate surface area is 190 Å². The van der Waals surface area contributed by atoms with Crippen molar-refractivity contribution in [2.75, 3.05) is 31.1 Å². The maximum atomic E-state index is 13.7. The summed E-state index contributed by atoms with van der Waals surface area (Å²) < 4.78 is 14.6. The first-order chi connectivity index (χ1) is 15.0. The summed E-state index contributed by atoms with van der Waals surface area (Å²) in [7, 11) is 0. The summed E-state index contributed by atoms with van der Waals surface area (Å²) in [6.45, 7) is 6.67. The lowest BCUT2D eigenvalue weighted by Crippen LogP contribution is -2.49. The lowest BCUT2D eigenvalue weighted by Gasteiger charge is -2.36. The summed E-state index contributed by atoms with van der Waals surface area (Å²) in [4.78, 5) is 26.4. The van der Waals surface area contributed by atoms with E-state index < -0.39 is 0 Å². The molecule has 1 amide bonds. The number of carbonyl (C=O) groups is 1. The maximum Gasteiger partial charge on any atom is 0.254 e. The molecule has 160 valence electrons. The molecule has 0 N–H and O–H groups in total. The third-order valence-corrected chi connectivity index (χ3v) is 6.06. The summed E-state index contributed by atoms with van der Waals surface area (Å²) >= 11 is 3.43. The number of hydrogen-bond acceptors (Lipinski definition) is 4. The molecule has 0 bridgehead atoms. The molecule has 0 unspecified atom stereocenters. The molecule has 31 heavy (non-hydrogen) atoms. The zero-order valence-electron chi connectivity index (χ0n) is 17.6. The molecule has 1 saturated heterocycles. The van der Waals surface area contributed by atoms with Crippen LogP contribution in [0.3, 0.4) is 0 Å². The second-order valence-corrected chi connectivity index (χ2v) is 8.50. The molecule has 0 atom stereocenters. The molecule has 2 heterocycles. The highest BCUT2D eigenvalue weighted by Gasteiger charge is 2.25. The number of rotatable bonds is 4. The molecular formula is C24H24BrFN4O. The van der Waals surface area contributed by atoms with Crippen molar-refractivity contribution in [1.82, 2.24) is 14.9 Å². The highest BCUT2D eigenvalue weighted by Crippen LogP contribution is 2.27. The second-order valence-electron chi connectivity index (χ2n) is 7.59. The van der Waals surface area contributed by atoms with Gasteiger partial charge >= 0.3 is 0 Å². The van der Waals surface area contributed by atoms with Crippen LogP contribution in [0.1, 0.15) is 28.5 Å². The fourth-order valence-corrected chi connectivity index (χ4v) is 4.34. The Morgan fingerprint density at radius 2 is 1.81 bits per heavy atom. The van der Waals surface area contributed by atoms with Crippen LogP contribution in [0.5, 0.6) is 0 Å². The first-order valence-electron chi connectivity index (χ1n) is 10.4. The number of nitrogens with zero attached hydrogens (tertiary/aromatic N) is 4. The van der Waals surface area contributed by atoms with Crippen LogP contribution in [0.15, 0.2) is 53.0 Å². The number of carbonyl (C=O) groups excluding carboxylic acids is 1. The number of aromatic nitrogens is 2. The zero-order valence-corrected chi connectivity index (χ0v) is 19.2. The number of aryl methyl sites for hydroxylation is 1. The number of benzene rings is 2. The van der Waals surface area contributed by atoms with Crippen LogP contribution in [0.2, 0.25) is 0 Å². The lowest BCUT2D eigenvalue weighted by molar-refractivity contribution is 0.0746. The van der Waals surface area contributed by atoms with Crippen molar-refractivity contribution < 1.29 is 9.18 Å². The predicted octanol–water partition coefficient (Wildman–Crippen LogP) is 4.88. The van der Waals surface area contributed by atoms with E-state index in [4.69, 9.17) is 4.98 Å². The fourth-order valence-electron chi connectivity index (χ4n) is 3.94. The normalized spacial score (nSPS) is 14.1. The van der Waals surface area contributed by atoms with Gasteiger partial charge in [-0.15, -0.1) is 0 Å². The molecule has 0 radical (unpaired) electrons. The second kappa shape index (κ2) is 9.14. The summed E-state index contributed by atoms with van der Waals surface area (Å²) in [5.41, 5.74) is 3.34. The van der Waals surface area contributed by atoms with Crippen molar-refractivity contribution in [3.63, 3.8) is 0 Å². The minimum Gasteiger partial charge on any atom is -0.353 e. The Balaban J connectivity index is 1.57. The topological polar surface area (TPSA) is 49.3 Å². The highest BCUT2D eigenvalue weighted by atomic mass is 79.9. The molecule has 0 saturated carbocycles.